The van der Waals surface area contributed by atoms with Crippen LogP contribution >= 0.6 is 31.9 Å². The maximum atomic E-state index is 11.4. The molecule has 1 aliphatic rings. The second-order valence-electron chi connectivity index (χ2n) is 6.14. The molecule has 0 aliphatic carbocycles. The van der Waals surface area contributed by atoms with E-state index in [1.54, 1.807) is 9.70 Å². The Labute approximate surface area is 134 Å². The summed E-state index contributed by atoms with van der Waals surface area (Å²) in [7, 11) is 0. The van der Waals surface area contributed by atoms with Gasteiger partial charge in [-0.3, -0.25) is 0 Å². The average Bonchev–Trinajstić information content (AvgIpc) is 2.67. The monoisotopic (exact) mass is 408 g/mol. The molecule has 0 bridgehead atoms. The zero-order valence-electron chi connectivity index (χ0n) is 11.7. The van der Waals surface area contributed by atoms with E-state index in [9.17, 15) is 9.90 Å². The molecule has 1 saturated heterocycles. The van der Waals surface area contributed by atoms with E-state index in [0.717, 1.165) is 12.8 Å². The van der Waals surface area contributed by atoms with Crippen molar-refractivity contribution >= 4 is 38.0 Å². The summed E-state index contributed by atoms with van der Waals surface area (Å²) >= 11 is 6.65. The van der Waals surface area contributed by atoms with E-state index in [2.05, 4.69) is 62.8 Å². The summed E-state index contributed by atoms with van der Waals surface area (Å²) < 4.78 is 1.34. The maximum absolute atomic E-state index is 11.4. The second-order valence-corrected chi connectivity index (χ2v) is 7.64. The lowest BCUT2D eigenvalue weighted by Crippen LogP contribution is -2.52. The average molecular weight is 410 g/mol. The largest absolute Gasteiger partial charge is 0.465 e. The first kappa shape index (κ1) is 15.8. The van der Waals surface area contributed by atoms with Crippen LogP contribution in [0.5, 0.6) is 0 Å². The summed E-state index contributed by atoms with van der Waals surface area (Å²) in [6.45, 7) is 6.72. The number of carboxylic acid groups (broad SMARTS) is 1. The Hall–Kier alpha value is -0.630. The third-order valence-electron chi connectivity index (χ3n) is 3.70. The minimum Gasteiger partial charge on any atom is -0.465 e. The molecule has 2 unspecified atom stereocenters. The number of likely N-dealkylation sites (tertiary alicyclic amines) is 1. The molecule has 112 valence electrons. The molecular weight excluding hydrogens is 392 g/mol. The van der Waals surface area contributed by atoms with Gasteiger partial charge < -0.3 is 10.0 Å². The molecule has 1 amide bonds. The quantitative estimate of drug-likeness (QED) is 0.769. The van der Waals surface area contributed by atoms with Crippen LogP contribution in [-0.4, -0.2) is 43.7 Å². The minimum absolute atomic E-state index is 0.0395. The molecule has 20 heavy (non-hydrogen) atoms. The zero-order chi connectivity index (χ0) is 15.1. The Bertz CT molecular complexity index is 493. The van der Waals surface area contributed by atoms with Gasteiger partial charge in [0, 0.05) is 12.6 Å². The van der Waals surface area contributed by atoms with Crippen LogP contribution in [0.2, 0.25) is 0 Å². The van der Waals surface area contributed by atoms with Crippen molar-refractivity contribution in [3.8, 4) is 0 Å². The van der Waals surface area contributed by atoms with E-state index in [-0.39, 0.29) is 17.5 Å². The first-order valence-corrected chi connectivity index (χ1v) is 8.06. The van der Waals surface area contributed by atoms with Gasteiger partial charge in [0.15, 0.2) is 9.21 Å². The fourth-order valence-electron chi connectivity index (χ4n) is 2.65. The lowest BCUT2D eigenvalue weighted by molar-refractivity contribution is 0.0381. The summed E-state index contributed by atoms with van der Waals surface area (Å²) in [4.78, 5) is 14.6. The molecule has 0 radical (unpaired) electrons. The van der Waals surface area contributed by atoms with Gasteiger partial charge >= 0.3 is 6.09 Å². The van der Waals surface area contributed by atoms with E-state index in [0.29, 0.717) is 15.8 Å². The lowest BCUT2D eigenvalue weighted by atomic mass is 9.79. The second kappa shape index (κ2) is 5.63. The third-order valence-corrected chi connectivity index (χ3v) is 5.30. The predicted molar refractivity (Wildman–Crippen MR) is 81.7 cm³/mol. The van der Waals surface area contributed by atoms with Crippen molar-refractivity contribution in [3.05, 3.63) is 9.21 Å². The highest BCUT2D eigenvalue weighted by atomic mass is 79.9. The van der Waals surface area contributed by atoms with Crippen LogP contribution in [0, 0.1) is 5.41 Å². The Morgan fingerprint density at radius 2 is 1.85 bits per heavy atom. The van der Waals surface area contributed by atoms with Crippen LogP contribution in [0.25, 0.3) is 0 Å². The van der Waals surface area contributed by atoms with Gasteiger partial charge in [-0.05, 0) is 50.1 Å². The fourth-order valence-corrected chi connectivity index (χ4v) is 3.14. The van der Waals surface area contributed by atoms with Gasteiger partial charge in [-0.1, -0.05) is 20.8 Å². The molecule has 0 aromatic carbocycles. The Balaban J connectivity index is 2.22. The topological polar surface area (TPSA) is 71.2 Å². The van der Waals surface area contributed by atoms with E-state index in [1.165, 1.54) is 0 Å². The standard InChI is InChI=1S/C12H18Br2N4O2/c1-12(2,3)8-6-7(4-5-17(8)11(19)20)18-15-9(13)10(14)16-18/h7-8H,4-6H2,1-3H3,(H,19,20). The molecule has 1 aromatic heterocycles. The van der Waals surface area contributed by atoms with Crippen LogP contribution in [0.15, 0.2) is 9.21 Å². The smallest absolute Gasteiger partial charge is 0.407 e. The van der Waals surface area contributed by atoms with E-state index in [1.807, 2.05) is 0 Å². The highest BCUT2D eigenvalue weighted by molar-refractivity contribution is 9.13. The first-order valence-electron chi connectivity index (χ1n) is 6.47. The van der Waals surface area contributed by atoms with Gasteiger partial charge in [0.25, 0.3) is 0 Å². The van der Waals surface area contributed by atoms with Crippen molar-refractivity contribution in [2.75, 3.05) is 6.54 Å². The lowest BCUT2D eigenvalue weighted by Gasteiger charge is -2.44. The summed E-state index contributed by atoms with van der Waals surface area (Å²) in [6, 6.07) is 0.0831. The van der Waals surface area contributed by atoms with Gasteiger partial charge in [0.2, 0.25) is 0 Å². The number of aromatic nitrogens is 3. The van der Waals surface area contributed by atoms with Gasteiger partial charge in [-0.15, -0.1) is 10.2 Å². The number of nitrogens with zero attached hydrogens (tertiary/aromatic N) is 4. The molecule has 0 saturated carbocycles. The van der Waals surface area contributed by atoms with Crippen LogP contribution in [0.3, 0.4) is 0 Å². The van der Waals surface area contributed by atoms with Crippen molar-refractivity contribution in [2.45, 2.75) is 45.7 Å². The molecule has 2 atom stereocenters. The van der Waals surface area contributed by atoms with Gasteiger partial charge in [0.1, 0.15) is 0 Å². The summed E-state index contributed by atoms with van der Waals surface area (Å²) in [5.74, 6) is 0. The van der Waals surface area contributed by atoms with Crippen LogP contribution in [0.1, 0.15) is 39.7 Å². The molecule has 2 rings (SSSR count). The van der Waals surface area contributed by atoms with Crippen molar-refractivity contribution in [2.24, 2.45) is 5.41 Å². The molecule has 8 heteroatoms. The number of rotatable bonds is 1. The van der Waals surface area contributed by atoms with Gasteiger partial charge in [0.05, 0.1) is 6.04 Å². The van der Waals surface area contributed by atoms with E-state index < -0.39 is 6.09 Å². The summed E-state index contributed by atoms with van der Waals surface area (Å²) in [5, 5.41) is 18.0. The number of amides is 1. The predicted octanol–water partition coefficient (Wildman–Crippen LogP) is 3.53. The number of hydrogen-bond acceptors (Lipinski definition) is 3. The summed E-state index contributed by atoms with van der Waals surface area (Å²) in [5.41, 5.74) is -0.112. The minimum atomic E-state index is -0.848. The van der Waals surface area contributed by atoms with Gasteiger partial charge in [-0.25, -0.2) is 4.79 Å². The van der Waals surface area contributed by atoms with Crippen molar-refractivity contribution in [1.82, 2.24) is 19.9 Å². The number of halogens is 2. The molecule has 1 N–H and O–H groups in total. The van der Waals surface area contributed by atoms with E-state index >= 15 is 0 Å². The molecule has 2 heterocycles. The highest BCUT2D eigenvalue weighted by Crippen LogP contribution is 2.36. The molecule has 1 aromatic rings. The van der Waals surface area contributed by atoms with Crippen LogP contribution in [-0.2, 0) is 0 Å². The van der Waals surface area contributed by atoms with Crippen LogP contribution in [0.4, 0.5) is 4.79 Å². The SMILES string of the molecule is CC(C)(C)C1CC(n2nc(Br)c(Br)n2)CCN1C(=O)O. The number of piperidine rings is 1. The van der Waals surface area contributed by atoms with Crippen molar-refractivity contribution < 1.29 is 9.90 Å². The molecule has 1 fully saturated rings. The maximum Gasteiger partial charge on any atom is 0.407 e. The fraction of sp³-hybridized carbons (Fsp3) is 0.750. The molecule has 6 nitrogen and oxygen atoms in total. The Morgan fingerprint density at radius 3 is 2.30 bits per heavy atom. The number of carbonyl (C=O) groups is 1. The highest BCUT2D eigenvalue weighted by Gasteiger charge is 2.39. The molecular formula is C12H18Br2N4O2. The third kappa shape index (κ3) is 3.16. The molecule has 1 aliphatic heterocycles. The van der Waals surface area contributed by atoms with Crippen molar-refractivity contribution in [3.63, 3.8) is 0 Å². The van der Waals surface area contributed by atoms with Crippen molar-refractivity contribution in [1.29, 1.82) is 0 Å². The zero-order valence-corrected chi connectivity index (χ0v) is 14.8. The number of hydrogen-bond donors (Lipinski definition) is 1. The Morgan fingerprint density at radius 1 is 1.30 bits per heavy atom. The Kier molecular flexibility index (Phi) is 4.44. The van der Waals surface area contributed by atoms with E-state index in [4.69, 9.17) is 0 Å². The summed E-state index contributed by atoms with van der Waals surface area (Å²) in [6.07, 6.45) is 0.606. The first-order chi connectivity index (χ1) is 9.20. The normalized spacial score (nSPS) is 23.9. The van der Waals surface area contributed by atoms with Gasteiger partial charge in [-0.2, -0.15) is 4.80 Å². The van der Waals surface area contributed by atoms with Crippen LogP contribution < -0.4 is 0 Å². The molecule has 0 spiro atoms.